The van der Waals surface area contributed by atoms with E-state index in [-0.39, 0.29) is 17.5 Å². The second kappa shape index (κ2) is 7.89. The number of amides is 1. The summed E-state index contributed by atoms with van der Waals surface area (Å²) in [6.07, 6.45) is -0.271. The van der Waals surface area contributed by atoms with Gasteiger partial charge in [-0.05, 0) is 38.1 Å². The van der Waals surface area contributed by atoms with Crippen molar-refractivity contribution in [2.75, 3.05) is 0 Å². The number of halogens is 1. The van der Waals surface area contributed by atoms with Crippen molar-refractivity contribution < 1.29 is 14.7 Å². The second-order valence-corrected chi connectivity index (χ2v) is 7.32. The molecule has 1 aromatic heterocycles. The van der Waals surface area contributed by atoms with Crippen LogP contribution in [0.25, 0.3) is 5.69 Å². The largest absolute Gasteiger partial charge is 0.481 e. The first-order valence-corrected chi connectivity index (χ1v) is 9.11. The molecule has 1 saturated heterocycles. The summed E-state index contributed by atoms with van der Waals surface area (Å²) in [6.45, 7) is 3.58. The molecule has 1 atom stereocenters. The van der Waals surface area contributed by atoms with Crippen molar-refractivity contribution in [2.24, 2.45) is 10.2 Å². The number of carboxylic acid groups (broad SMARTS) is 1. The van der Waals surface area contributed by atoms with Crippen LogP contribution in [0.5, 0.6) is 0 Å². The second-order valence-electron chi connectivity index (χ2n) is 5.70. The van der Waals surface area contributed by atoms with Crippen LogP contribution >= 0.6 is 23.4 Å². The number of benzene rings is 1. The number of amidine groups is 1. The zero-order valence-electron chi connectivity index (χ0n) is 14.4. The lowest BCUT2D eigenvalue weighted by Crippen LogP contribution is -2.26. The van der Waals surface area contributed by atoms with Gasteiger partial charge in [0.1, 0.15) is 10.9 Å². The fourth-order valence-electron chi connectivity index (χ4n) is 2.40. The van der Waals surface area contributed by atoms with Crippen molar-refractivity contribution in [1.29, 1.82) is 0 Å². The normalized spacial score (nSPS) is 18.8. The Bertz CT molecular complexity index is 954. The molecule has 9 nitrogen and oxygen atoms in total. The molecular formula is C16H15ClN6O3S. The van der Waals surface area contributed by atoms with Gasteiger partial charge in [-0.25, -0.2) is 4.68 Å². The molecule has 0 saturated carbocycles. The van der Waals surface area contributed by atoms with Crippen LogP contribution in [0.1, 0.15) is 24.7 Å². The van der Waals surface area contributed by atoms with E-state index in [2.05, 4.69) is 25.8 Å². The van der Waals surface area contributed by atoms with Gasteiger partial charge in [-0.15, -0.1) is 10.2 Å². The molecule has 27 heavy (non-hydrogen) atoms. The number of nitrogens with zero attached hydrogens (tertiary/aromatic N) is 5. The Kier molecular flexibility index (Phi) is 5.57. The predicted octanol–water partition coefficient (Wildman–Crippen LogP) is 2.02. The highest BCUT2D eigenvalue weighted by Gasteiger charge is 2.32. The number of aliphatic carboxylic acids is 1. The van der Waals surface area contributed by atoms with Gasteiger partial charge in [-0.1, -0.05) is 28.6 Å². The van der Waals surface area contributed by atoms with Crippen LogP contribution < -0.4 is 5.32 Å². The molecule has 0 aliphatic carbocycles. The fraction of sp³-hybridized carbons (Fsp3) is 0.250. The Hall–Kier alpha value is -2.72. The standard InChI is InChI=1S/C16H15ClN6O3S/c1-8(19-21-16-18-15(26)12(27-16)7-13(24)25)14-9(2)23(22-20-14)11-5-3-10(17)4-6-11/h3-6,12H,7H2,1-2H3,(H,24,25)(H,18,21,26)/b19-8+. The molecule has 1 amide bonds. The zero-order valence-corrected chi connectivity index (χ0v) is 16.0. The highest BCUT2D eigenvalue weighted by Crippen LogP contribution is 2.22. The lowest BCUT2D eigenvalue weighted by atomic mass is 10.2. The van der Waals surface area contributed by atoms with Crippen molar-refractivity contribution in [1.82, 2.24) is 20.3 Å². The quantitative estimate of drug-likeness (QED) is 0.578. The van der Waals surface area contributed by atoms with E-state index in [9.17, 15) is 9.59 Å². The number of thioether (sulfide) groups is 1. The molecule has 11 heteroatoms. The number of carbonyl (C=O) groups excluding carboxylic acids is 1. The first-order valence-electron chi connectivity index (χ1n) is 7.85. The van der Waals surface area contributed by atoms with Crippen LogP contribution in [-0.2, 0) is 9.59 Å². The lowest BCUT2D eigenvalue weighted by molar-refractivity contribution is -0.138. The van der Waals surface area contributed by atoms with Crippen LogP contribution in [0.15, 0.2) is 34.5 Å². The molecule has 0 spiro atoms. The molecule has 0 radical (unpaired) electrons. The number of nitrogens with one attached hydrogen (secondary N) is 1. The summed E-state index contributed by atoms with van der Waals surface area (Å²) in [4.78, 5) is 22.5. The van der Waals surface area contributed by atoms with Gasteiger partial charge < -0.3 is 10.4 Å². The third-order valence-corrected chi connectivity index (χ3v) is 5.06. The predicted molar refractivity (Wildman–Crippen MR) is 103 cm³/mol. The molecular weight excluding hydrogens is 392 g/mol. The summed E-state index contributed by atoms with van der Waals surface area (Å²) in [7, 11) is 0. The van der Waals surface area contributed by atoms with E-state index in [1.54, 1.807) is 23.7 Å². The maximum Gasteiger partial charge on any atom is 0.305 e. The summed E-state index contributed by atoms with van der Waals surface area (Å²) in [6, 6.07) is 7.18. The Morgan fingerprint density at radius 2 is 2.11 bits per heavy atom. The van der Waals surface area contributed by atoms with Gasteiger partial charge in [-0.2, -0.15) is 5.10 Å². The van der Waals surface area contributed by atoms with Crippen molar-refractivity contribution >= 4 is 46.1 Å². The average molecular weight is 407 g/mol. The number of hydrogen-bond donors (Lipinski definition) is 2. The summed E-state index contributed by atoms with van der Waals surface area (Å²) >= 11 is 6.94. The maximum absolute atomic E-state index is 11.7. The van der Waals surface area contributed by atoms with E-state index >= 15 is 0 Å². The SMILES string of the molecule is C/C(=N\N=C1/NC(=O)C(CC(=O)O)S1)c1nnn(-c2ccc(Cl)cc2)c1C. The first-order chi connectivity index (χ1) is 12.8. The van der Waals surface area contributed by atoms with Gasteiger partial charge in [0.15, 0.2) is 5.17 Å². The van der Waals surface area contributed by atoms with Gasteiger partial charge in [0.25, 0.3) is 0 Å². The van der Waals surface area contributed by atoms with E-state index in [4.69, 9.17) is 16.7 Å². The van der Waals surface area contributed by atoms with E-state index in [1.165, 1.54) is 0 Å². The molecule has 1 fully saturated rings. The molecule has 1 aromatic carbocycles. The Morgan fingerprint density at radius 1 is 1.41 bits per heavy atom. The average Bonchev–Trinajstić information content (AvgIpc) is 3.16. The molecule has 3 rings (SSSR count). The van der Waals surface area contributed by atoms with E-state index in [0.717, 1.165) is 23.1 Å². The molecule has 1 aliphatic rings. The fourth-order valence-corrected chi connectivity index (χ4v) is 3.44. The van der Waals surface area contributed by atoms with Crippen LogP contribution in [0, 0.1) is 6.92 Å². The van der Waals surface area contributed by atoms with E-state index in [1.807, 2.05) is 19.1 Å². The first kappa shape index (κ1) is 19.1. The molecule has 2 N–H and O–H groups in total. The number of carbonyl (C=O) groups is 2. The van der Waals surface area contributed by atoms with Gasteiger partial charge >= 0.3 is 5.97 Å². The van der Waals surface area contributed by atoms with Gasteiger partial charge in [0.2, 0.25) is 5.91 Å². The summed E-state index contributed by atoms with van der Waals surface area (Å²) in [5, 5.41) is 27.8. The smallest absolute Gasteiger partial charge is 0.305 e. The third kappa shape index (κ3) is 4.34. The molecule has 1 aliphatic heterocycles. The number of aromatic nitrogens is 3. The molecule has 2 heterocycles. The summed E-state index contributed by atoms with van der Waals surface area (Å²) in [5.41, 5.74) is 2.65. The summed E-state index contributed by atoms with van der Waals surface area (Å²) in [5.74, 6) is -1.43. The maximum atomic E-state index is 11.7. The van der Waals surface area contributed by atoms with Crippen molar-refractivity contribution in [3.05, 3.63) is 40.7 Å². The van der Waals surface area contributed by atoms with Crippen molar-refractivity contribution in [2.45, 2.75) is 25.5 Å². The van der Waals surface area contributed by atoms with Crippen molar-refractivity contribution in [3.63, 3.8) is 0 Å². The monoisotopic (exact) mass is 406 g/mol. The lowest BCUT2D eigenvalue weighted by Gasteiger charge is -2.03. The molecule has 0 bridgehead atoms. The zero-order chi connectivity index (χ0) is 19.6. The van der Waals surface area contributed by atoms with Gasteiger partial charge in [0, 0.05) is 5.02 Å². The number of hydrogen-bond acceptors (Lipinski definition) is 7. The Labute approximate surface area is 163 Å². The molecule has 140 valence electrons. The molecule has 1 unspecified atom stereocenters. The van der Waals surface area contributed by atoms with Crippen LogP contribution in [0.4, 0.5) is 0 Å². The minimum Gasteiger partial charge on any atom is -0.481 e. The Morgan fingerprint density at radius 3 is 2.78 bits per heavy atom. The van der Waals surface area contributed by atoms with Crippen LogP contribution in [0.2, 0.25) is 5.02 Å². The van der Waals surface area contributed by atoms with Gasteiger partial charge in [0.05, 0.1) is 23.5 Å². The van der Waals surface area contributed by atoms with E-state index in [0.29, 0.717) is 16.4 Å². The van der Waals surface area contributed by atoms with Crippen LogP contribution in [0.3, 0.4) is 0 Å². The van der Waals surface area contributed by atoms with Gasteiger partial charge in [-0.3, -0.25) is 9.59 Å². The van der Waals surface area contributed by atoms with Crippen molar-refractivity contribution in [3.8, 4) is 5.69 Å². The Balaban J connectivity index is 1.78. The topological polar surface area (TPSA) is 122 Å². The number of carboxylic acids is 1. The summed E-state index contributed by atoms with van der Waals surface area (Å²) < 4.78 is 1.66. The van der Waals surface area contributed by atoms with Crippen LogP contribution in [-0.4, -0.2) is 48.1 Å². The minimum absolute atomic E-state index is 0.258. The highest BCUT2D eigenvalue weighted by molar-refractivity contribution is 8.15. The highest BCUT2D eigenvalue weighted by atomic mass is 35.5. The van der Waals surface area contributed by atoms with E-state index < -0.39 is 11.2 Å². The molecule has 2 aromatic rings. The number of rotatable bonds is 5. The third-order valence-electron chi connectivity index (χ3n) is 3.74. The minimum atomic E-state index is -1.04.